The van der Waals surface area contributed by atoms with Crippen molar-refractivity contribution in [3.63, 3.8) is 0 Å². The number of carbonyl (C=O) groups is 1. The topological polar surface area (TPSA) is 531 Å². The molecule has 7 aliphatic heterocycles. The lowest BCUT2D eigenvalue weighted by atomic mass is 9.33. The first kappa shape index (κ1) is 79.5. The predicted octanol–water partition coefficient (Wildman–Crippen LogP) is -6.01. The molecular formula is C68H110O34. The third kappa shape index (κ3) is 13.5. The summed E-state index contributed by atoms with van der Waals surface area (Å²) >= 11 is 0. The number of esters is 1. The van der Waals surface area contributed by atoms with Crippen LogP contribution < -0.4 is 0 Å². The summed E-state index contributed by atoms with van der Waals surface area (Å²) in [5.74, 6) is -1.50. The van der Waals surface area contributed by atoms with Gasteiger partial charge in [0.05, 0.1) is 76.1 Å². The molecule has 34 nitrogen and oxygen atoms in total. The van der Waals surface area contributed by atoms with E-state index >= 15 is 4.79 Å². The molecule has 0 aromatic rings. The van der Waals surface area contributed by atoms with Crippen molar-refractivity contribution in [1.29, 1.82) is 0 Å². The van der Waals surface area contributed by atoms with E-state index in [1.165, 1.54) is 13.8 Å². The molecular weight excluding hydrogens is 1360 g/mol. The molecule has 0 aromatic carbocycles. The molecule has 5 aliphatic carbocycles. The van der Waals surface area contributed by atoms with Gasteiger partial charge in [0.2, 0.25) is 6.29 Å². The molecule has 586 valence electrons. The highest BCUT2D eigenvalue weighted by Crippen LogP contribution is 2.76. The van der Waals surface area contributed by atoms with Gasteiger partial charge >= 0.3 is 5.97 Å². The monoisotopic (exact) mass is 1470 g/mol. The van der Waals surface area contributed by atoms with Gasteiger partial charge in [0.15, 0.2) is 43.8 Å². The third-order valence-corrected chi connectivity index (χ3v) is 26.3. The van der Waals surface area contributed by atoms with Crippen molar-refractivity contribution in [2.75, 3.05) is 46.2 Å². The third-order valence-electron chi connectivity index (χ3n) is 26.3. The summed E-state index contributed by atoms with van der Waals surface area (Å²) in [6.07, 6.45) is -45.0. The van der Waals surface area contributed by atoms with E-state index in [2.05, 4.69) is 40.7 Å². The van der Waals surface area contributed by atoms with Crippen LogP contribution in [0.15, 0.2) is 11.6 Å². The second kappa shape index (κ2) is 29.6. The van der Waals surface area contributed by atoms with Gasteiger partial charge in [0.25, 0.3) is 0 Å². The number of fused-ring (bicyclic) bond motifs is 7. The van der Waals surface area contributed by atoms with Crippen molar-refractivity contribution in [3.8, 4) is 0 Å². The van der Waals surface area contributed by atoms with Gasteiger partial charge in [-0.1, -0.05) is 53.2 Å². The summed E-state index contributed by atoms with van der Waals surface area (Å²) in [6.45, 7) is 11.2. The van der Waals surface area contributed by atoms with E-state index in [4.69, 9.17) is 66.3 Å². The quantitative estimate of drug-likeness (QED) is 0.0366. The van der Waals surface area contributed by atoms with Crippen LogP contribution in [-0.4, -0.2) is 345 Å². The smallest absolute Gasteiger partial charge is 0.315 e. The van der Waals surface area contributed by atoms with Gasteiger partial charge in [0, 0.05) is 5.41 Å². The van der Waals surface area contributed by atoms with Crippen LogP contribution in [0.1, 0.15) is 113 Å². The summed E-state index contributed by atoms with van der Waals surface area (Å²) in [6, 6.07) is 0. The molecule has 11 fully saturated rings. The minimum atomic E-state index is -2.24. The normalized spacial score (nSPS) is 55.6. The fraction of sp³-hybridized carbons (Fsp3) is 0.956. The highest BCUT2D eigenvalue weighted by molar-refractivity contribution is 5.79. The van der Waals surface area contributed by atoms with Crippen molar-refractivity contribution >= 4 is 5.97 Å². The minimum Gasteiger partial charge on any atom is -0.432 e. The number of allylic oxidation sites excluding steroid dienone is 2. The zero-order valence-corrected chi connectivity index (χ0v) is 58.6. The molecule has 102 heavy (non-hydrogen) atoms. The molecule has 12 rings (SSSR count). The summed E-state index contributed by atoms with van der Waals surface area (Å²) < 4.78 is 83.9. The number of hydrogen-bond acceptors (Lipinski definition) is 34. The fourth-order valence-corrected chi connectivity index (χ4v) is 19.9. The summed E-state index contributed by atoms with van der Waals surface area (Å²) in [7, 11) is 0. The first-order valence-corrected chi connectivity index (χ1v) is 35.9. The Hall–Kier alpha value is -2.07. The zero-order valence-electron chi connectivity index (χ0n) is 58.6. The lowest BCUT2D eigenvalue weighted by Gasteiger charge is -2.72. The Bertz CT molecular complexity index is 2920. The molecule has 0 spiro atoms. The van der Waals surface area contributed by atoms with Gasteiger partial charge in [-0.2, -0.15) is 0 Å². The van der Waals surface area contributed by atoms with E-state index < -0.39 is 281 Å². The Balaban J connectivity index is 0.771. The van der Waals surface area contributed by atoms with Crippen LogP contribution in [0.3, 0.4) is 0 Å². The average Bonchev–Trinajstić information content (AvgIpc) is 0.740. The second-order valence-electron chi connectivity index (χ2n) is 33.0. The van der Waals surface area contributed by atoms with E-state index in [0.29, 0.717) is 51.4 Å². The maximum Gasteiger partial charge on any atom is 0.315 e. The Kier molecular flexibility index (Phi) is 23.1. The Morgan fingerprint density at radius 2 is 1.05 bits per heavy atom. The summed E-state index contributed by atoms with van der Waals surface area (Å²) in [5, 5.41) is 211. The van der Waals surface area contributed by atoms with E-state index in [1.54, 1.807) is 0 Å². The van der Waals surface area contributed by atoms with Gasteiger partial charge in [-0.25, -0.2) is 0 Å². The molecule has 0 amide bonds. The van der Waals surface area contributed by atoms with Crippen molar-refractivity contribution in [2.45, 2.75) is 309 Å². The Morgan fingerprint density at radius 1 is 0.490 bits per heavy atom. The molecule has 19 N–H and O–H groups in total. The van der Waals surface area contributed by atoms with Crippen LogP contribution in [-0.2, 0) is 71.1 Å². The molecule has 40 unspecified atom stereocenters. The number of rotatable bonds is 17. The first-order valence-electron chi connectivity index (χ1n) is 35.9. The van der Waals surface area contributed by atoms with Gasteiger partial charge in [-0.05, 0) is 111 Å². The van der Waals surface area contributed by atoms with Crippen molar-refractivity contribution in [2.24, 2.45) is 50.2 Å². The average molecular weight is 1470 g/mol. The molecule has 0 radical (unpaired) electrons. The van der Waals surface area contributed by atoms with Gasteiger partial charge in [0.1, 0.15) is 122 Å². The number of aliphatic hydroxyl groups excluding tert-OH is 18. The summed E-state index contributed by atoms with van der Waals surface area (Å²) in [4.78, 5) is 15.7. The molecule has 0 bridgehead atoms. The van der Waals surface area contributed by atoms with Crippen molar-refractivity contribution in [1.82, 2.24) is 0 Å². The molecule has 7 saturated heterocycles. The van der Waals surface area contributed by atoms with Crippen LogP contribution in [0.5, 0.6) is 0 Å². The molecule has 0 aromatic heterocycles. The van der Waals surface area contributed by atoms with E-state index in [0.717, 1.165) is 5.57 Å². The van der Waals surface area contributed by atoms with Crippen LogP contribution >= 0.6 is 0 Å². The highest BCUT2D eigenvalue weighted by Gasteiger charge is 2.72. The van der Waals surface area contributed by atoms with E-state index in [-0.39, 0.29) is 23.7 Å². The largest absolute Gasteiger partial charge is 0.432 e. The zero-order chi connectivity index (χ0) is 74.2. The number of hydrogen-bond donors (Lipinski definition) is 19. The number of aliphatic hydroxyl groups is 19. The van der Waals surface area contributed by atoms with Crippen molar-refractivity contribution in [3.05, 3.63) is 11.6 Å². The van der Waals surface area contributed by atoms with E-state index in [1.807, 2.05) is 6.92 Å². The van der Waals surface area contributed by atoms with Gasteiger partial charge in [-0.15, -0.1) is 0 Å². The minimum absolute atomic E-state index is 0.120. The van der Waals surface area contributed by atoms with Crippen LogP contribution in [0.4, 0.5) is 0 Å². The lowest BCUT2D eigenvalue weighted by molar-refractivity contribution is -0.387. The molecule has 40 atom stereocenters. The Labute approximate surface area is 589 Å². The molecule has 7 heterocycles. The number of carbonyl (C=O) groups excluding carboxylic acids is 1. The summed E-state index contributed by atoms with van der Waals surface area (Å²) in [5.41, 5.74) is -5.54. The highest BCUT2D eigenvalue weighted by atomic mass is 16.8. The van der Waals surface area contributed by atoms with Crippen molar-refractivity contribution < 1.29 is 168 Å². The predicted molar refractivity (Wildman–Crippen MR) is 337 cm³/mol. The van der Waals surface area contributed by atoms with Crippen LogP contribution in [0.2, 0.25) is 0 Å². The Morgan fingerprint density at radius 3 is 1.72 bits per heavy atom. The standard InChI is InChI=1S/C68H110O34/c1-26-37(76)41(80)43(82)56(93-26)97-48-33(75)22-90-55(44(48)83)96-47-27(2)94-57(46(85)50(47)99-60-52(86)68(88,24-71)25-92-60)100-51-39(78)32(74)21-91-59(51)102-61(87)67-15-13-62(3,4)17-29(67)28-9-10-36-63(5)18-30(72)53(64(6,23-70)35(63)11-12-66(36,8)65(28,7)14-16-67)101-58-45(84)49(40(79)34(19-69)95-58)98-54-42(81)38(77)31(73)20-89-54/h9,26-27,29-60,69-86,88H,10-25H2,1-8H3. The molecule has 12 aliphatic rings. The number of ether oxygens (including phenoxy) is 14. The second-order valence-corrected chi connectivity index (χ2v) is 33.0. The van der Waals surface area contributed by atoms with Gasteiger partial charge < -0.3 is 163 Å². The maximum atomic E-state index is 15.7. The SMILES string of the molecule is CC1OC(OC2C(O)COC(OC3C(C)OC(OC4C(OC(=O)C56CCC(C)(C)CC5C5=CCC7C8(C)CC(O)C(OC9OC(CO)C(O)C(OC%10OCC(O)C(O)C%10O)C9O)C(C)(CO)C8CCC7(C)C5(C)CC6)OCC(O)C4O)C(O)C3OC3OCC(O)(CO)C3O)C2O)C(O)C(O)C1O. The van der Waals surface area contributed by atoms with Crippen LogP contribution in [0.25, 0.3) is 0 Å². The van der Waals surface area contributed by atoms with E-state index in [9.17, 15) is 97.0 Å². The van der Waals surface area contributed by atoms with Crippen LogP contribution in [0, 0.1) is 50.2 Å². The fourth-order valence-electron chi connectivity index (χ4n) is 19.9. The first-order chi connectivity index (χ1) is 47.9. The molecule has 34 heteroatoms. The maximum absolute atomic E-state index is 15.7. The lowest BCUT2D eigenvalue weighted by Crippen LogP contribution is -2.70. The molecule has 4 saturated carbocycles. The van der Waals surface area contributed by atoms with Gasteiger partial charge in [-0.3, -0.25) is 4.79 Å².